The maximum absolute atomic E-state index is 13.5. The zero-order valence-corrected chi connectivity index (χ0v) is 24.8. The predicted octanol–water partition coefficient (Wildman–Crippen LogP) is 8.70. The maximum Gasteiger partial charge on any atom is 0.237 e. The lowest BCUT2D eigenvalue weighted by Gasteiger charge is -2.32. The van der Waals surface area contributed by atoms with Gasteiger partial charge in [0.2, 0.25) is 5.91 Å². The fourth-order valence-corrected chi connectivity index (χ4v) is 5.43. The molecule has 0 saturated carbocycles. The van der Waals surface area contributed by atoms with Crippen LogP contribution >= 0.6 is 15.9 Å². The molecule has 0 radical (unpaired) electrons. The number of nitrogens with zero attached hydrogens (tertiary/aromatic N) is 1. The lowest BCUT2D eigenvalue weighted by molar-refractivity contribution is -0.116. The molecule has 0 aliphatic rings. The van der Waals surface area contributed by atoms with Crippen LogP contribution in [0.4, 0.5) is 5.69 Å². The summed E-state index contributed by atoms with van der Waals surface area (Å²) in [6, 6.07) is 29.0. The number of carbonyl (C=O) groups is 1. The van der Waals surface area contributed by atoms with E-state index in [1.165, 1.54) is 0 Å². The number of benzene rings is 4. The molecule has 0 spiro atoms. The number of fused-ring (bicyclic) bond motifs is 1. The minimum absolute atomic E-state index is 0.00755. The van der Waals surface area contributed by atoms with Crippen LogP contribution in [-0.2, 0) is 15.6 Å². The molecule has 1 amide bonds. The summed E-state index contributed by atoms with van der Waals surface area (Å²) >= 11 is 3.44. The number of amides is 1. The summed E-state index contributed by atoms with van der Waals surface area (Å²) in [6.07, 6.45) is 0. The highest BCUT2D eigenvalue weighted by molar-refractivity contribution is 9.09. The Balaban J connectivity index is 1.95. The van der Waals surface area contributed by atoms with Crippen LogP contribution in [0.25, 0.3) is 10.8 Å². The van der Waals surface area contributed by atoms with Crippen LogP contribution in [0.2, 0.25) is 0 Å². The van der Waals surface area contributed by atoms with Gasteiger partial charge in [0.15, 0.2) is 0 Å². The van der Waals surface area contributed by atoms with Gasteiger partial charge in [0, 0.05) is 17.8 Å². The van der Waals surface area contributed by atoms with E-state index < -0.39 is 0 Å². The van der Waals surface area contributed by atoms with E-state index in [0.717, 1.165) is 38.7 Å². The lowest BCUT2D eigenvalue weighted by Crippen LogP contribution is -2.36. The molecule has 0 aromatic heterocycles. The van der Waals surface area contributed by atoms with Crippen molar-refractivity contribution in [2.75, 3.05) is 16.8 Å². The Morgan fingerprint density at radius 2 is 1.34 bits per heavy atom. The molecule has 4 aromatic rings. The lowest BCUT2D eigenvalue weighted by atomic mass is 9.76. The summed E-state index contributed by atoms with van der Waals surface area (Å²) in [6.45, 7) is 13.3. The van der Waals surface area contributed by atoms with Crippen molar-refractivity contribution in [3.8, 4) is 5.75 Å². The van der Waals surface area contributed by atoms with Crippen molar-refractivity contribution in [1.82, 2.24) is 0 Å². The second-order valence-corrected chi connectivity index (χ2v) is 12.6. The molecule has 4 rings (SSSR count). The second-order valence-electron chi connectivity index (χ2n) is 12.1. The molecule has 1 atom stereocenters. The number of phenols is 1. The number of anilines is 1. The highest BCUT2D eigenvalue weighted by Gasteiger charge is 2.30. The van der Waals surface area contributed by atoms with E-state index in [2.05, 4.69) is 99.9 Å². The molecule has 0 bridgehead atoms. The Hall–Kier alpha value is -3.11. The Bertz CT molecular complexity index is 1390. The first kappa shape index (κ1) is 27.9. The SMILES string of the molecule is CC(C)(C)c1cc(C(CN(C(=O)CBr)c2cccc3ccccc23)c2ccccc2)cc(C(C)(C)C)c1O. The molecule has 3 nitrogen and oxygen atoms in total. The highest BCUT2D eigenvalue weighted by Crippen LogP contribution is 2.42. The van der Waals surface area contributed by atoms with Gasteiger partial charge in [-0.3, -0.25) is 4.79 Å². The zero-order valence-electron chi connectivity index (χ0n) is 23.3. The van der Waals surface area contributed by atoms with Gasteiger partial charge in [-0.25, -0.2) is 0 Å². The monoisotopic (exact) mass is 571 g/mol. The summed E-state index contributed by atoms with van der Waals surface area (Å²) < 4.78 is 0. The molecule has 198 valence electrons. The molecule has 4 aromatic carbocycles. The van der Waals surface area contributed by atoms with E-state index in [4.69, 9.17) is 0 Å². The number of carbonyl (C=O) groups excluding carboxylic acids is 1. The molecule has 1 unspecified atom stereocenters. The number of rotatable bonds is 6. The third kappa shape index (κ3) is 5.81. The topological polar surface area (TPSA) is 40.5 Å². The van der Waals surface area contributed by atoms with Gasteiger partial charge in [-0.15, -0.1) is 0 Å². The van der Waals surface area contributed by atoms with Gasteiger partial charge in [-0.05, 0) is 44.5 Å². The van der Waals surface area contributed by atoms with E-state index in [0.29, 0.717) is 12.3 Å². The minimum Gasteiger partial charge on any atom is -0.507 e. The first-order valence-electron chi connectivity index (χ1n) is 13.2. The van der Waals surface area contributed by atoms with Crippen molar-refractivity contribution >= 4 is 38.3 Å². The third-order valence-electron chi connectivity index (χ3n) is 7.19. The predicted molar refractivity (Wildman–Crippen MR) is 164 cm³/mol. The summed E-state index contributed by atoms with van der Waals surface area (Å²) in [5.74, 6) is 0.275. The number of hydrogen-bond donors (Lipinski definition) is 1. The number of hydrogen-bond acceptors (Lipinski definition) is 2. The van der Waals surface area contributed by atoms with Crippen molar-refractivity contribution < 1.29 is 9.90 Å². The molecule has 4 heteroatoms. The molecular weight excluding hydrogens is 534 g/mol. The van der Waals surface area contributed by atoms with E-state index in [1.807, 2.05) is 47.4 Å². The molecule has 0 saturated heterocycles. The van der Waals surface area contributed by atoms with Crippen LogP contribution < -0.4 is 4.90 Å². The van der Waals surface area contributed by atoms with E-state index in [1.54, 1.807) is 0 Å². The minimum atomic E-state index is -0.248. The van der Waals surface area contributed by atoms with Crippen molar-refractivity contribution in [1.29, 1.82) is 0 Å². The molecule has 1 N–H and O–H groups in total. The first-order chi connectivity index (χ1) is 17.9. The summed E-state index contributed by atoms with van der Waals surface area (Å²) in [5.41, 5.74) is 4.47. The standard InChI is InChI=1S/C34H38BrNO2/c1-33(2,3)28-19-25(20-29(32(28)38)34(4,5)6)27(24-13-8-7-9-14-24)22-36(31(37)21-35)30-18-12-16-23-15-10-11-17-26(23)30/h7-20,27,38H,21-22H2,1-6H3. The molecule has 0 aliphatic carbocycles. The number of halogens is 1. The maximum atomic E-state index is 13.5. The van der Waals surface area contributed by atoms with Crippen molar-refractivity contribution in [2.45, 2.75) is 58.3 Å². The Morgan fingerprint density at radius 1 is 0.789 bits per heavy atom. The fourth-order valence-electron chi connectivity index (χ4n) is 5.12. The molecule has 0 heterocycles. The number of aromatic hydroxyl groups is 1. The Labute approximate surface area is 235 Å². The zero-order chi connectivity index (χ0) is 27.7. The van der Waals surface area contributed by atoms with Gasteiger partial charge in [0.1, 0.15) is 5.75 Å². The van der Waals surface area contributed by atoms with E-state index in [-0.39, 0.29) is 28.0 Å². The van der Waals surface area contributed by atoms with Gasteiger partial charge < -0.3 is 10.0 Å². The smallest absolute Gasteiger partial charge is 0.237 e. The second kappa shape index (κ2) is 10.9. The van der Waals surface area contributed by atoms with Crippen molar-refractivity contribution in [3.05, 3.63) is 107 Å². The average Bonchev–Trinajstić information content (AvgIpc) is 2.88. The normalized spacial score (nSPS) is 12.9. The van der Waals surface area contributed by atoms with Crippen molar-refractivity contribution in [3.63, 3.8) is 0 Å². The fraction of sp³-hybridized carbons (Fsp3) is 0.324. The van der Waals surface area contributed by atoms with Crippen LogP contribution in [0.1, 0.15) is 69.7 Å². The van der Waals surface area contributed by atoms with Gasteiger partial charge in [0.25, 0.3) is 0 Å². The largest absolute Gasteiger partial charge is 0.507 e. The molecule has 0 fully saturated rings. The Morgan fingerprint density at radius 3 is 1.92 bits per heavy atom. The van der Waals surface area contributed by atoms with Crippen molar-refractivity contribution in [2.24, 2.45) is 0 Å². The number of phenolic OH excluding ortho intramolecular Hbond substituents is 1. The number of alkyl halides is 1. The summed E-state index contributed by atoms with van der Waals surface area (Å²) in [5, 5.41) is 13.7. The molecule has 38 heavy (non-hydrogen) atoms. The highest BCUT2D eigenvalue weighted by atomic mass is 79.9. The van der Waals surface area contributed by atoms with E-state index in [9.17, 15) is 9.90 Å². The van der Waals surface area contributed by atoms with Crippen LogP contribution in [0.3, 0.4) is 0 Å². The van der Waals surface area contributed by atoms with Crippen LogP contribution in [0, 0.1) is 0 Å². The van der Waals surface area contributed by atoms with E-state index >= 15 is 0 Å². The van der Waals surface area contributed by atoms with Gasteiger partial charge >= 0.3 is 0 Å². The van der Waals surface area contributed by atoms with Gasteiger partial charge in [-0.1, -0.05) is 136 Å². The van der Waals surface area contributed by atoms with Gasteiger partial charge in [-0.2, -0.15) is 0 Å². The van der Waals surface area contributed by atoms with Crippen LogP contribution in [0.15, 0.2) is 84.9 Å². The first-order valence-corrected chi connectivity index (χ1v) is 14.3. The Kier molecular flexibility index (Phi) is 8.04. The van der Waals surface area contributed by atoms with Crippen LogP contribution in [0.5, 0.6) is 5.75 Å². The summed E-state index contributed by atoms with van der Waals surface area (Å²) in [7, 11) is 0. The van der Waals surface area contributed by atoms with Gasteiger partial charge in [0.05, 0.1) is 11.0 Å². The third-order valence-corrected chi connectivity index (χ3v) is 7.67. The molecule has 0 aliphatic heterocycles. The van der Waals surface area contributed by atoms with Crippen LogP contribution in [-0.4, -0.2) is 22.9 Å². The molecular formula is C34H38BrNO2. The summed E-state index contributed by atoms with van der Waals surface area (Å²) in [4.78, 5) is 15.4. The average molecular weight is 573 g/mol. The quantitative estimate of drug-likeness (QED) is 0.235.